The Hall–Kier alpha value is -1.51. The first-order chi connectivity index (χ1) is 9.33. The first kappa shape index (κ1) is 12.5. The van der Waals surface area contributed by atoms with Gasteiger partial charge in [0.15, 0.2) is 0 Å². The van der Waals surface area contributed by atoms with Gasteiger partial charge in [-0.1, -0.05) is 41.9 Å². The normalized spacial score (nSPS) is 13.1. The van der Waals surface area contributed by atoms with Gasteiger partial charge in [0.1, 0.15) is 5.75 Å². The van der Waals surface area contributed by atoms with Gasteiger partial charge in [-0.25, -0.2) is 0 Å². The number of rotatable bonds is 4. The van der Waals surface area contributed by atoms with Gasteiger partial charge in [-0.05, 0) is 28.8 Å². The molecule has 98 valence electrons. The number of nitrogens with one attached hydrogen (secondary N) is 1. The number of halogens is 1. The van der Waals surface area contributed by atoms with Gasteiger partial charge in [-0.2, -0.15) is 0 Å². The second-order valence-electron chi connectivity index (χ2n) is 4.74. The molecule has 0 aliphatic carbocycles. The molecule has 0 amide bonds. The molecule has 2 nitrogen and oxygen atoms in total. The molecule has 0 radical (unpaired) electrons. The van der Waals surface area contributed by atoms with E-state index in [4.69, 9.17) is 16.3 Å². The van der Waals surface area contributed by atoms with Crippen LogP contribution in [0.5, 0.6) is 5.75 Å². The van der Waals surface area contributed by atoms with Crippen molar-refractivity contribution in [2.45, 2.75) is 19.5 Å². The van der Waals surface area contributed by atoms with Crippen LogP contribution < -0.4 is 10.1 Å². The van der Waals surface area contributed by atoms with Gasteiger partial charge in [0, 0.05) is 24.5 Å². The van der Waals surface area contributed by atoms with Gasteiger partial charge >= 0.3 is 0 Å². The minimum absolute atomic E-state index is 0.785. The van der Waals surface area contributed by atoms with Crippen molar-refractivity contribution in [3.63, 3.8) is 0 Å². The van der Waals surface area contributed by atoms with Crippen LogP contribution in [0.1, 0.15) is 16.7 Å². The summed E-state index contributed by atoms with van der Waals surface area (Å²) in [6.45, 7) is 2.44. The van der Waals surface area contributed by atoms with Crippen LogP contribution in [0.15, 0.2) is 42.5 Å². The third-order valence-corrected chi connectivity index (χ3v) is 3.73. The van der Waals surface area contributed by atoms with Crippen molar-refractivity contribution in [3.05, 3.63) is 64.2 Å². The van der Waals surface area contributed by atoms with E-state index in [-0.39, 0.29) is 0 Å². The molecule has 0 saturated heterocycles. The summed E-state index contributed by atoms with van der Waals surface area (Å²) in [5.41, 5.74) is 3.74. The highest BCUT2D eigenvalue weighted by atomic mass is 35.5. The van der Waals surface area contributed by atoms with Crippen LogP contribution in [-0.2, 0) is 19.5 Å². The van der Waals surface area contributed by atoms with Crippen molar-refractivity contribution in [1.82, 2.24) is 5.32 Å². The van der Waals surface area contributed by atoms with E-state index in [2.05, 4.69) is 23.5 Å². The molecule has 3 rings (SSSR count). The maximum absolute atomic E-state index is 6.13. The van der Waals surface area contributed by atoms with E-state index >= 15 is 0 Å². The Kier molecular flexibility index (Phi) is 3.72. The Labute approximate surface area is 118 Å². The SMILES string of the molecule is Clc1ccccc1CNCc1ccc2c(c1)CCO2. The predicted octanol–water partition coefficient (Wildman–Crippen LogP) is 3.56. The zero-order valence-corrected chi connectivity index (χ0v) is 11.4. The van der Waals surface area contributed by atoms with Gasteiger partial charge in [-0.15, -0.1) is 0 Å². The zero-order chi connectivity index (χ0) is 13.1. The number of fused-ring (bicyclic) bond motifs is 1. The van der Waals surface area contributed by atoms with Crippen molar-refractivity contribution < 1.29 is 4.74 Å². The summed E-state index contributed by atoms with van der Waals surface area (Å²) in [5, 5.41) is 4.24. The molecule has 0 aromatic heterocycles. The largest absolute Gasteiger partial charge is 0.493 e. The van der Waals surface area contributed by atoms with Crippen molar-refractivity contribution in [2.24, 2.45) is 0 Å². The lowest BCUT2D eigenvalue weighted by Crippen LogP contribution is -2.13. The van der Waals surface area contributed by atoms with E-state index in [1.165, 1.54) is 11.1 Å². The van der Waals surface area contributed by atoms with Gasteiger partial charge < -0.3 is 10.1 Å². The summed E-state index contributed by atoms with van der Waals surface area (Å²) >= 11 is 6.13. The van der Waals surface area contributed by atoms with E-state index in [9.17, 15) is 0 Å². The second-order valence-corrected chi connectivity index (χ2v) is 5.14. The Morgan fingerprint density at radius 3 is 2.89 bits per heavy atom. The maximum Gasteiger partial charge on any atom is 0.122 e. The molecular weight excluding hydrogens is 258 g/mol. The first-order valence-corrected chi connectivity index (χ1v) is 6.89. The number of hydrogen-bond donors (Lipinski definition) is 1. The number of benzene rings is 2. The lowest BCUT2D eigenvalue weighted by atomic mass is 10.1. The molecule has 0 fully saturated rings. The van der Waals surface area contributed by atoms with Crippen LogP contribution in [0.2, 0.25) is 5.02 Å². The summed E-state index contributed by atoms with van der Waals surface area (Å²) < 4.78 is 5.51. The summed E-state index contributed by atoms with van der Waals surface area (Å²) in [6.07, 6.45) is 1.02. The van der Waals surface area contributed by atoms with Gasteiger partial charge in [-0.3, -0.25) is 0 Å². The third kappa shape index (κ3) is 2.91. The van der Waals surface area contributed by atoms with Crippen molar-refractivity contribution >= 4 is 11.6 Å². The molecule has 0 bridgehead atoms. The Balaban J connectivity index is 1.59. The van der Waals surface area contributed by atoms with E-state index in [0.717, 1.165) is 42.5 Å². The molecule has 1 heterocycles. The predicted molar refractivity (Wildman–Crippen MR) is 77.6 cm³/mol. The average molecular weight is 274 g/mol. The molecular formula is C16H16ClNO. The lowest BCUT2D eigenvalue weighted by molar-refractivity contribution is 0.357. The van der Waals surface area contributed by atoms with E-state index < -0.39 is 0 Å². The third-order valence-electron chi connectivity index (χ3n) is 3.36. The van der Waals surface area contributed by atoms with Crippen molar-refractivity contribution in [1.29, 1.82) is 0 Å². The highest BCUT2D eigenvalue weighted by Gasteiger charge is 2.11. The fourth-order valence-corrected chi connectivity index (χ4v) is 2.54. The molecule has 2 aromatic rings. The summed E-state index contributed by atoms with van der Waals surface area (Å²) in [4.78, 5) is 0. The molecule has 1 aliphatic rings. The minimum Gasteiger partial charge on any atom is -0.493 e. The van der Waals surface area contributed by atoms with Crippen molar-refractivity contribution in [3.8, 4) is 5.75 Å². The highest BCUT2D eigenvalue weighted by Crippen LogP contribution is 2.25. The van der Waals surface area contributed by atoms with Crippen LogP contribution in [0.25, 0.3) is 0 Å². The van der Waals surface area contributed by atoms with E-state index in [0.29, 0.717) is 0 Å². The minimum atomic E-state index is 0.785. The number of hydrogen-bond acceptors (Lipinski definition) is 2. The molecule has 0 unspecified atom stereocenters. The Bertz CT molecular complexity index is 583. The molecule has 19 heavy (non-hydrogen) atoms. The first-order valence-electron chi connectivity index (χ1n) is 6.51. The lowest BCUT2D eigenvalue weighted by Gasteiger charge is -2.08. The second kappa shape index (κ2) is 5.64. The van der Waals surface area contributed by atoms with E-state index in [1.54, 1.807) is 0 Å². The van der Waals surface area contributed by atoms with Crippen LogP contribution in [-0.4, -0.2) is 6.61 Å². The van der Waals surface area contributed by atoms with Crippen LogP contribution >= 0.6 is 11.6 Å². The maximum atomic E-state index is 6.13. The van der Waals surface area contributed by atoms with Gasteiger partial charge in [0.25, 0.3) is 0 Å². The quantitative estimate of drug-likeness (QED) is 0.920. The van der Waals surface area contributed by atoms with E-state index in [1.807, 2.05) is 24.3 Å². The summed E-state index contributed by atoms with van der Waals surface area (Å²) in [6, 6.07) is 14.3. The molecule has 1 N–H and O–H groups in total. The standard InChI is InChI=1S/C16H16ClNO/c17-15-4-2-1-3-14(15)11-18-10-12-5-6-16-13(9-12)7-8-19-16/h1-6,9,18H,7-8,10-11H2. The monoisotopic (exact) mass is 273 g/mol. The Morgan fingerprint density at radius 1 is 1.11 bits per heavy atom. The summed E-state index contributed by atoms with van der Waals surface area (Å²) in [7, 11) is 0. The molecule has 2 aromatic carbocycles. The zero-order valence-electron chi connectivity index (χ0n) is 10.7. The van der Waals surface area contributed by atoms with Crippen molar-refractivity contribution in [2.75, 3.05) is 6.61 Å². The highest BCUT2D eigenvalue weighted by molar-refractivity contribution is 6.31. The van der Waals surface area contributed by atoms with Crippen LogP contribution in [0, 0.1) is 0 Å². The average Bonchev–Trinajstić information content (AvgIpc) is 2.88. The summed E-state index contributed by atoms with van der Waals surface area (Å²) in [5.74, 6) is 1.04. The Morgan fingerprint density at radius 2 is 2.00 bits per heavy atom. The molecule has 0 atom stereocenters. The number of ether oxygens (including phenoxy) is 1. The van der Waals surface area contributed by atoms with Gasteiger partial charge in [0.05, 0.1) is 6.61 Å². The molecule has 1 aliphatic heterocycles. The fourth-order valence-electron chi connectivity index (χ4n) is 2.33. The van der Waals surface area contributed by atoms with Gasteiger partial charge in [0.2, 0.25) is 0 Å². The molecule has 0 spiro atoms. The van der Waals surface area contributed by atoms with Crippen LogP contribution in [0.3, 0.4) is 0 Å². The topological polar surface area (TPSA) is 21.3 Å². The smallest absolute Gasteiger partial charge is 0.122 e. The fraction of sp³-hybridized carbons (Fsp3) is 0.250. The molecule has 0 saturated carbocycles. The van der Waals surface area contributed by atoms with Crippen LogP contribution in [0.4, 0.5) is 0 Å². The molecule has 3 heteroatoms.